The lowest BCUT2D eigenvalue weighted by molar-refractivity contribution is -0.206. The van der Waals surface area contributed by atoms with Gasteiger partial charge in [0.2, 0.25) is 0 Å². The van der Waals surface area contributed by atoms with Gasteiger partial charge in [-0.2, -0.15) is 18.4 Å². The number of benzene rings is 1. The average molecular weight is 326 g/mol. The number of nitriles is 1. The molecule has 0 bridgehead atoms. The number of alkyl halides is 3. The minimum absolute atomic E-state index is 0.0220. The van der Waals surface area contributed by atoms with Gasteiger partial charge in [-0.05, 0) is 50.4 Å². The van der Waals surface area contributed by atoms with E-state index in [0.29, 0.717) is 5.56 Å². The SMILES string of the molecule is CCCN1CCC(c2cccc(C(O)C(F)(F)F)c2C#N)CC1. The van der Waals surface area contributed by atoms with Crippen molar-refractivity contribution in [2.75, 3.05) is 19.6 Å². The van der Waals surface area contributed by atoms with Gasteiger partial charge in [-0.15, -0.1) is 0 Å². The van der Waals surface area contributed by atoms with Crippen molar-refractivity contribution in [1.82, 2.24) is 4.90 Å². The summed E-state index contributed by atoms with van der Waals surface area (Å²) in [6.45, 7) is 4.90. The molecule has 2 rings (SSSR count). The molecule has 0 spiro atoms. The Morgan fingerprint density at radius 2 is 2.00 bits per heavy atom. The van der Waals surface area contributed by atoms with E-state index >= 15 is 0 Å². The summed E-state index contributed by atoms with van der Waals surface area (Å²) in [5.74, 6) is 0.0677. The van der Waals surface area contributed by atoms with Gasteiger partial charge in [0, 0.05) is 5.56 Å². The summed E-state index contributed by atoms with van der Waals surface area (Å²) >= 11 is 0. The van der Waals surface area contributed by atoms with E-state index in [4.69, 9.17) is 0 Å². The number of likely N-dealkylation sites (tertiary alicyclic amines) is 1. The van der Waals surface area contributed by atoms with E-state index < -0.39 is 12.3 Å². The summed E-state index contributed by atoms with van der Waals surface area (Å²) in [4.78, 5) is 2.33. The number of nitrogens with zero attached hydrogens (tertiary/aromatic N) is 2. The third kappa shape index (κ3) is 4.04. The van der Waals surface area contributed by atoms with Crippen molar-refractivity contribution in [2.24, 2.45) is 0 Å². The van der Waals surface area contributed by atoms with Crippen molar-refractivity contribution < 1.29 is 18.3 Å². The fourth-order valence-corrected chi connectivity index (χ4v) is 3.25. The van der Waals surface area contributed by atoms with Crippen LogP contribution in [0.5, 0.6) is 0 Å². The molecule has 1 N–H and O–H groups in total. The summed E-state index contributed by atoms with van der Waals surface area (Å²) in [6, 6.07) is 6.28. The molecule has 1 fully saturated rings. The fraction of sp³-hybridized carbons (Fsp3) is 0.588. The molecular weight excluding hydrogens is 305 g/mol. The standard InChI is InChI=1S/C17H21F3N2O/c1-2-8-22-9-6-12(7-10-22)13-4-3-5-14(15(13)11-21)16(23)17(18,19)20/h3-5,12,16,23H,2,6-10H2,1H3. The zero-order chi connectivity index (χ0) is 17.0. The lowest BCUT2D eigenvalue weighted by Crippen LogP contribution is -2.33. The van der Waals surface area contributed by atoms with Gasteiger partial charge in [0.25, 0.3) is 0 Å². The molecule has 6 heteroatoms. The monoisotopic (exact) mass is 326 g/mol. The first-order valence-corrected chi connectivity index (χ1v) is 7.88. The maximum atomic E-state index is 12.8. The minimum Gasteiger partial charge on any atom is -0.379 e. The number of aliphatic hydroxyl groups is 1. The molecule has 126 valence electrons. The van der Waals surface area contributed by atoms with Crippen LogP contribution in [0.4, 0.5) is 13.2 Å². The molecule has 1 aromatic rings. The first kappa shape index (κ1) is 17.8. The topological polar surface area (TPSA) is 47.3 Å². The highest BCUT2D eigenvalue weighted by atomic mass is 19.4. The van der Waals surface area contributed by atoms with E-state index in [1.807, 2.05) is 6.07 Å². The molecule has 3 nitrogen and oxygen atoms in total. The van der Waals surface area contributed by atoms with Crippen LogP contribution in [-0.2, 0) is 0 Å². The molecule has 1 atom stereocenters. The van der Waals surface area contributed by atoms with Gasteiger partial charge < -0.3 is 10.0 Å². The fourth-order valence-electron chi connectivity index (χ4n) is 3.25. The van der Waals surface area contributed by atoms with Gasteiger partial charge in [-0.25, -0.2) is 0 Å². The van der Waals surface area contributed by atoms with Crippen LogP contribution in [0.15, 0.2) is 18.2 Å². The average Bonchev–Trinajstić information content (AvgIpc) is 2.53. The predicted octanol–water partition coefficient (Wildman–Crippen LogP) is 3.74. The minimum atomic E-state index is -4.77. The first-order chi connectivity index (χ1) is 10.9. The van der Waals surface area contributed by atoms with Gasteiger partial charge in [-0.1, -0.05) is 25.1 Å². The second kappa shape index (κ2) is 7.33. The van der Waals surface area contributed by atoms with Gasteiger partial charge in [0.15, 0.2) is 6.10 Å². The molecule has 1 heterocycles. The number of aliphatic hydroxyl groups excluding tert-OH is 1. The maximum absolute atomic E-state index is 12.8. The molecule has 1 aromatic carbocycles. The van der Waals surface area contributed by atoms with Crippen molar-refractivity contribution in [1.29, 1.82) is 5.26 Å². The largest absolute Gasteiger partial charge is 0.418 e. The summed E-state index contributed by atoms with van der Waals surface area (Å²) < 4.78 is 38.4. The Labute approximate surface area is 134 Å². The molecule has 1 aliphatic heterocycles. The number of halogens is 3. The van der Waals surface area contributed by atoms with Crippen molar-refractivity contribution in [3.8, 4) is 6.07 Å². The van der Waals surface area contributed by atoms with Crippen molar-refractivity contribution in [3.63, 3.8) is 0 Å². The Kier molecular flexibility index (Phi) is 5.66. The summed E-state index contributed by atoms with van der Waals surface area (Å²) in [7, 11) is 0. The van der Waals surface area contributed by atoms with E-state index in [1.54, 1.807) is 6.07 Å². The van der Waals surface area contributed by atoms with Crippen molar-refractivity contribution in [2.45, 2.75) is 44.4 Å². The van der Waals surface area contributed by atoms with Crippen molar-refractivity contribution in [3.05, 3.63) is 34.9 Å². The molecule has 0 saturated carbocycles. The van der Waals surface area contributed by atoms with Gasteiger partial charge in [-0.3, -0.25) is 0 Å². The van der Waals surface area contributed by atoms with Crippen LogP contribution in [0.25, 0.3) is 0 Å². The Hall–Kier alpha value is -1.58. The summed E-state index contributed by atoms with van der Waals surface area (Å²) in [6.07, 6.45) is -4.67. The highest BCUT2D eigenvalue weighted by Gasteiger charge is 2.41. The molecule has 0 amide bonds. The van der Waals surface area contributed by atoms with E-state index in [-0.39, 0.29) is 17.0 Å². The Balaban J connectivity index is 2.26. The number of piperidine rings is 1. The van der Waals surface area contributed by atoms with Gasteiger partial charge in [0.05, 0.1) is 11.6 Å². The third-order valence-corrected chi connectivity index (χ3v) is 4.41. The molecule has 0 radical (unpaired) electrons. The highest BCUT2D eigenvalue weighted by molar-refractivity contribution is 5.47. The van der Waals surface area contributed by atoms with Crippen LogP contribution in [0, 0.1) is 11.3 Å². The number of hydrogen-bond acceptors (Lipinski definition) is 3. The Morgan fingerprint density at radius 3 is 2.52 bits per heavy atom. The second-order valence-electron chi connectivity index (χ2n) is 5.98. The summed E-state index contributed by atoms with van der Waals surface area (Å²) in [5, 5.41) is 18.9. The number of rotatable bonds is 4. The molecule has 1 saturated heterocycles. The molecule has 1 aliphatic rings. The van der Waals surface area contributed by atoms with E-state index in [2.05, 4.69) is 11.8 Å². The Bertz CT molecular complexity index is 572. The zero-order valence-corrected chi connectivity index (χ0v) is 13.1. The van der Waals surface area contributed by atoms with E-state index in [9.17, 15) is 23.5 Å². The van der Waals surface area contributed by atoms with Crippen LogP contribution in [-0.4, -0.2) is 35.8 Å². The molecule has 0 aromatic heterocycles. The maximum Gasteiger partial charge on any atom is 0.418 e. The zero-order valence-electron chi connectivity index (χ0n) is 13.1. The quantitative estimate of drug-likeness (QED) is 0.917. The lowest BCUT2D eigenvalue weighted by atomic mass is 9.84. The van der Waals surface area contributed by atoms with Crippen LogP contribution >= 0.6 is 0 Å². The first-order valence-electron chi connectivity index (χ1n) is 7.88. The van der Waals surface area contributed by atoms with Crippen molar-refractivity contribution >= 4 is 0 Å². The second-order valence-corrected chi connectivity index (χ2v) is 5.98. The van der Waals surface area contributed by atoms with Crippen LogP contribution in [0.1, 0.15) is 54.9 Å². The lowest BCUT2D eigenvalue weighted by Gasteiger charge is -2.32. The number of hydrogen-bond donors (Lipinski definition) is 1. The molecule has 23 heavy (non-hydrogen) atoms. The van der Waals surface area contributed by atoms with Gasteiger partial charge >= 0.3 is 6.18 Å². The summed E-state index contributed by atoms with van der Waals surface area (Å²) in [5.41, 5.74) is 0.268. The van der Waals surface area contributed by atoms with Crippen LogP contribution < -0.4 is 0 Å². The van der Waals surface area contributed by atoms with E-state index in [0.717, 1.165) is 38.9 Å². The molecular formula is C17H21F3N2O. The third-order valence-electron chi connectivity index (χ3n) is 4.41. The van der Waals surface area contributed by atoms with Crippen LogP contribution in [0.3, 0.4) is 0 Å². The highest BCUT2D eigenvalue weighted by Crippen LogP contribution is 2.38. The van der Waals surface area contributed by atoms with Gasteiger partial charge in [0.1, 0.15) is 0 Å². The molecule has 0 aliphatic carbocycles. The smallest absolute Gasteiger partial charge is 0.379 e. The van der Waals surface area contributed by atoms with E-state index in [1.165, 1.54) is 12.1 Å². The Morgan fingerprint density at radius 1 is 1.35 bits per heavy atom. The van der Waals surface area contributed by atoms with Crippen LogP contribution in [0.2, 0.25) is 0 Å². The predicted molar refractivity (Wildman–Crippen MR) is 80.9 cm³/mol. The molecule has 1 unspecified atom stereocenters. The normalized spacial score (nSPS) is 18.6.